The maximum Gasteiger partial charge on any atom is 0.323 e. The highest BCUT2D eigenvalue weighted by Crippen LogP contribution is 2.16. The average Bonchev–Trinajstić information content (AvgIpc) is 3.01. The first-order valence-corrected chi connectivity index (χ1v) is 8.92. The van der Waals surface area contributed by atoms with Gasteiger partial charge in [-0.1, -0.05) is 11.6 Å². The van der Waals surface area contributed by atoms with Crippen LogP contribution in [-0.4, -0.2) is 47.0 Å². The summed E-state index contributed by atoms with van der Waals surface area (Å²) in [6.07, 6.45) is 0. The van der Waals surface area contributed by atoms with E-state index in [4.69, 9.17) is 16.3 Å². The quantitative estimate of drug-likeness (QED) is 0.580. The molecule has 2 aromatic carbocycles. The molecule has 0 spiro atoms. The fraction of sp³-hybridized carbons (Fsp3) is 0.263. The van der Waals surface area contributed by atoms with Crippen LogP contribution in [0, 0.1) is 0 Å². The van der Waals surface area contributed by atoms with E-state index in [9.17, 15) is 9.59 Å². The van der Waals surface area contributed by atoms with Gasteiger partial charge in [0.05, 0.1) is 17.1 Å². The zero-order valence-electron chi connectivity index (χ0n) is 15.1. The summed E-state index contributed by atoms with van der Waals surface area (Å²) >= 11 is 5.85. The summed E-state index contributed by atoms with van der Waals surface area (Å²) in [5.74, 6) is 0.597. The van der Waals surface area contributed by atoms with Crippen molar-refractivity contribution in [3.63, 3.8) is 0 Å². The number of amides is 1. The van der Waals surface area contributed by atoms with E-state index in [-0.39, 0.29) is 17.6 Å². The van der Waals surface area contributed by atoms with Crippen LogP contribution >= 0.6 is 11.6 Å². The summed E-state index contributed by atoms with van der Waals surface area (Å²) < 4.78 is 5.66. The van der Waals surface area contributed by atoms with Gasteiger partial charge in [0, 0.05) is 17.3 Å². The smallest absolute Gasteiger partial charge is 0.323 e. The molecule has 0 aliphatic rings. The summed E-state index contributed by atoms with van der Waals surface area (Å²) in [6, 6.07) is 12.0. The fourth-order valence-electron chi connectivity index (χ4n) is 2.59. The summed E-state index contributed by atoms with van der Waals surface area (Å²) in [4.78, 5) is 31.0. The number of nitrogens with zero attached hydrogens (tertiary/aromatic N) is 1. The number of carbonyl (C=O) groups excluding carboxylic acids is 1. The van der Waals surface area contributed by atoms with E-state index >= 15 is 0 Å². The maximum atomic E-state index is 12.5. The van der Waals surface area contributed by atoms with Crippen LogP contribution in [0.2, 0.25) is 5.02 Å². The number of fused-ring (bicyclic) bond motifs is 1. The molecule has 0 aliphatic carbocycles. The van der Waals surface area contributed by atoms with E-state index in [1.54, 1.807) is 42.5 Å². The van der Waals surface area contributed by atoms with Gasteiger partial charge in [0.25, 0.3) is 0 Å². The van der Waals surface area contributed by atoms with Crippen molar-refractivity contribution in [3.05, 3.63) is 58.0 Å². The minimum atomic E-state index is -0.347. The van der Waals surface area contributed by atoms with Crippen LogP contribution in [0.5, 0.6) is 5.75 Å². The third kappa shape index (κ3) is 4.90. The second-order valence-corrected chi connectivity index (χ2v) is 6.72. The molecule has 1 amide bonds. The first kappa shape index (κ1) is 19.0. The number of anilines is 1. The zero-order valence-corrected chi connectivity index (χ0v) is 15.8. The standard InChI is InChI=1S/C19H21ClN4O3/c1-12(24(2)9-10-27-15-6-3-13(20)4-7-15)18(25)21-14-5-8-16-17(11-14)23-19(26)22-16/h3-8,11-12H,9-10H2,1-2H3,(H,21,25)(H2,22,23,26)/t12-/m0/s1. The van der Waals surface area contributed by atoms with Crippen molar-refractivity contribution < 1.29 is 9.53 Å². The number of rotatable bonds is 7. The first-order chi connectivity index (χ1) is 12.9. The van der Waals surface area contributed by atoms with Crippen LogP contribution in [0.3, 0.4) is 0 Å². The lowest BCUT2D eigenvalue weighted by atomic mass is 10.2. The molecule has 1 atom stereocenters. The highest BCUT2D eigenvalue weighted by Gasteiger charge is 2.18. The molecule has 1 aromatic heterocycles. The molecule has 3 rings (SSSR count). The third-order valence-electron chi connectivity index (χ3n) is 4.35. The van der Waals surface area contributed by atoms with E-state index in [2.05, 4.69) is 15.3 Å². The normalized spacial score (nSPS) is 12.3. The Balaban J connectivity index is 1.52. The van der Waals surface area contributed by atoms with Crippen LogP contribution in [0.4, 0.5) is 5.69 Å². The first-order valence-electron chi connectivity index (χ1n) is 8.54. The second kappa shape index (κ2) is 8.28. The summed E-state index contributed by atoms with van der Waals surface area (Å²) in [6.45, 7) is 2.86. The number of aromatic nitrogens is 2. The lowest BCUT2D eigenvalue weighted by Crippen LogP contribution is -2.41. The van der Waals surface area contributed by atoms with Crippen molar-refractivity contribution in [1.82, 2.24) is 14.9 Å². The van der Waals surface area contributed by atoms with E-state index in [0.29, 0.717) is 34.9 Å². The van der Waals surface area contributed by atoms with Gasteiger partial charge in [-0.3, -0.25) is 9.69 Å². The molecule has 0 fully saturated rings. The summed E-state index contributed by atoms with van der Waals surface area (Å²) in [5, 5.41) is 3.53. The van der Waals surface area contributed by atoms with Crippen LogP contribution in [0.15, 0.2) is 47.3 Å². The van der Waals surface area contributed by atoms with Crippen molar-refractivity contribution in [3.8, 4) is 5.75 Å². The molecule has 7 nitrogen and oxygen atoms in total. The maximum absolute atomic E-state index is 12.5. The van der Waals surface area contributed by atoms with Gasteiger partial charge in [0.2, 0.25) is 5.91 Å². The summed E-state index contributed by atoms with van der Waals surface area (Å²) in [5.41, 5.74) is 1.69. The third-order valence-corrected chi connectivity index (χ3v) is 4.60. The molecule has 3 aromatic rings. The molecule has 0 saturated carbocycles. The van der Waals surface area contributed by atoms with Crippen molar-refractivity contribution in [2.75, 3.05) is 25.5 Å². The van der Waals surface area contributed by atoms with Crippen molar-refractivity contribution in [2.24, 2.45) is 0 Å². The molecule has 0 unspecified atom stereocenters. The number of nitrogens with one attached hydrogen (secondary N) is 3. The number of halogens is 1. The van der Waals surface area contributed by atoms with E-state index in [1.165, 1.54) is 0 Å². The molecule has 3 N–H and O–H groups in total. The lowest BCUT2D eigenvalue weighted by molar-refractivity contribution is -0.120. The second-order valence-electron chi connectivity index (χ2n) is 6.29. The number of aromatic amines is 2. The Bertz CT molecular complexity index is 981. The van der Waals surface area contributed by atoms with Crippen molar-refractivity contribution in [1.29, 1.82) is 0 Å². The minimum Gasteiger partial charge on any atom is -0.492 e. The molecule has 142 valence electrons. The minimum absolute atomic E-state index is 0.138. The zero-order chi connectivity index (χ0) is 19.4. The van der Waals surface area contributed by atoms with Crippen molar-refractivity contribution in [2.45, 2.75) is 13.0 Å². The summed E-state index contributed by atoms with van der Waals surface area (Å²) in [7, 11) is 1.86. The van der Waals surface area contributed by atoms with Crippen LogP contribution in [-0.2, 0) is 4.79 Å². The Morgan fingerprint density at radius 3 is 2.63 bits per heavy atom. The number of hydrogen-bond acceptors (Lipinski definition) is 4. The number of hydrogen-bond donors (Lipinski definition) is 3. The molecule has 0 aliphatic heterocycles. The van der Waals surface area contributed by atoms with E-state index in [0.717, 1.165) is 5.75 Å². The van der Waals surface area contributed by atoms with Crippen LogP contribution in [0.1, 0.15) is 6.92 Å². The van der Waals surface area contributed by atoms with Gasteiger partial charge in [0.1, 0.15) is 12.4 Å². The topological polar surface area (TPSA) is 90.2 Å². The molecular formula is C19H21ClN4O3. The van der Waals surface area contributed by atoms with Crippen molar-refractivity contribution >= 4 is 34.2 Å². The average molecular weight is 389 g/mol. The van der Waals surface area contributed by atoms with E-state index in [1.807, 2.05) is 18.9 Å². The SMILES string of the molecule is C[C@@H](C(=O)Nc1ccc2[nH]c(=O)[nH]c2c1)N(C)CCOc1ccc(Cl)cc1. The Morgan fingerprint density at radius 2 is 1.89 bits per heavy atom. The molecule has 0 saturated heterocycles. The Morgan fingerprint density at radius 1 is 1.19 bits per heavy atom. The van der Waals surface area contributed by atoms with Gasteiger partial charge in [0.15, 0.2) is 0 Å². The lowest BCUT2D eigenvalue weighted by Gasteiger charge is -2.23. The molecule has 27 heavy (non-hydrogen) atoms. The molecule has 8 heteroatoms. The molecule has 1 heterocycles. The molecular weight excluding hydrogens is 368 g/mol. The fourth-order valence-corrected chi connectivity index (χ4v) is 2.72. The van der Waals surface area contributed by atoms with Crippen LogP contribution < -0.4 is 15.7 Å². The number of likely N-dealkylation sites (N-methyl/N-ethyl adjacent to an activating group) is 1. The predicted molar refractivity (Wildman–Crippen MR) is 107 cm³/mol. The molecule has 0 radical (unpaired) electrons. The number of carbonyl (C=O) groups is 1. The monoisotopic (exact) mass is 388 g/mol. The van der Waals surface area contributed by atoms with Gasteiger partial charge in [-0.05, 0) is 56.4 Å². The van der Waals surface area contributed by atoms with Gasteiger partial charge in [-0.25, -0.2) is 4.79 Å². The van der Waals surface area contributed by atoms with Gasteiger partial charge in [-0.15, -0.1) is 0 Å². The number of benzene rings is 2. The number of imidazole rings is 1. The highest BCUT2D eigenvalue weighted by atomic mass is 35.5. The Labute approximate surface area is 161 Å². The largest absolute Gasteiger partial charge is 0.492 e. The van der Waals surface area contributed by atoms with E-state index < -0.39 is 0 Å². The number of H-pyrrole nitrogens is 2. The number of ether oxygens (including phenoxy) is 1. The molecule has 0 bridgehead atoms. The van der Waals surface area contributed by atoms with Crippen LogP contribution in [0.25, 0.3) is 11.0 Å². The predicted octanol–water partition coefficient (Wildman–Crippen LogP) is 2.85. The van der Waals surface area contributed by atoms with Gasteiger partial charge in [-0.2, -0.15) is 0 Å². The van der Waals surface area contributed by atoms with Gasteiger partial charge < -0.3 is 20.0 Å². The van der Waals surface area contributed by atoms with Gasteiger partial charge >= 0.3 is 5.69 Å². The highest BCUT2D eigenvalue weighted by molar-refractivity contribution is 6.30. The Hall–Kier alpha value is -2.77. The Kier molecular flexibility index (Phi) is 5.83.